The molecule has 0 radical (unpaired) electrons. The van der Waals surface area contributed by atoms with E-state index in [0.717, 1.165) is 0 Å². The highest BCUT2D eigenvalue weighted by Gasteiger charge is 2.73. The molecule has 0 saturated heterocycles. The molecule has 1 heterocycles. The molecular formula is C14H29N3O7. The Labute approximate surface area is 142 Å². The van der Waals surface area contributed by atoms with Gasteiger partial charge >= 0.3 is 0 Å². The normalized spacial score (nSPS) is 29.5. The number of nitrogens with one attached hydrogen (secondary N) is 1. The van der Waals surface area contributed by atoms with Gasteiger partial charge in [0.1, 0.15) is 0 Å². The van der Waals surface area contributed by atoms with Crippen LogP contribution in [-0.2, 0) is 33.3 Å². The van der Waals surface area contributed by atoms with Gasteiger partial charge in [-0.15, -0.1) is 0 Å². The number of hydroxylamine groups is 2. The van der Waals surface area contributed by atoms with E-state index in [1.807, 2.05) is 0 Å². The van der Waals surface area contributed by atoms with Crippen molar-refractivity contribution in [3.8, 4) is 0 Å². The summed E-state index contributed by atoms with van der Waals surface area (Å²) in [5.74, 6) is -2.88. The molecule has 1 aliphatic heterocycles. The fraction of sp³-hybridized carbons (Fsp3) is 0.857. The quantitative estimate of drug-likeness (QED) is 0.383. The number of nitrogens with two attached hydrogens (primary N) is 1. The molecule has 1 aliphatic rings. The maximum Gasteiger partial charge on any atom is 0.279 e. The maximum atomic E-state index is 6.62. The maximum absolute atomic E-state index is 6.62. The Balaban J connectivity index is 3.60. The number of hydrogen-bond acceptors (Lipinski definition) is 10. The van der Waals surface area contributed by atoms with Crippen molar-refractivity contribution in [2.75, 3.05) is 62.9 Å². The summed E-state index contributed by atoms with van der Waals surface area (Å²) < 4.78 is 33.0. The van der Waals surface area contributed by atoms with E-state index >= 15 is 0 Å². The molecule has 0 bridgehead atoms. The van der Waals surface area contributed by atoms with Gasteiger partial charge in [-0.3, -0.25) is 15.9 Å². The first-order valence-corrected chi connectivity index (χ1v) is 7.26. The van der Waals surface area contributed by atoms with Crippen molar-refractivity contribution in [1.29, 1.82) is 0 Å². The van der Waals surface area contributed by atoms with Gasteiger partial charge in [-0.25, -0.2) is 5.06 Å². The Bertz CT molecular complexity index is 433. The minimum absolute atomic E-state index is 0.236. The predicted octanol–water partition coefficient (Wildman–Crippen LogP) is -0.822. The summed E-state index contributed by atoms with van der Waals surface area (Å²) in [6.07, 6.45) is 1.51. The first-order chi connectivity index (χ1) is 11.4. The lowest BCUT2D eigenvalue weighted by molar-refractivity contribution is -0.425. The zero-order valence-corrected chi connectivity index (χ0v) is 15.4. The average Bonchev–Trinajstić information content (AvgIpc) is 2.62. The number of hydrogen-bond donors (Lipinski definition) is 2. The molecule has 3 N–H and O–H groups in total. The summed E-state index contributed by atoms with van der Waals surface area (Å²) in [4.78, 5) is 5.42. The molecule has 0 amide bonds. The van der Waals surface area contributed by atoms with Crippen molar-refractivity contribution >= 4 is 0 Å². The van der Waals surface area contributed by atoms with Crippen LogP contribution >= 0.6 is 0 Å². The Hall–Kier alpha value is -0.980. The molecular weight excluding hydrogens is 322 g/mol. The fourth-order valence-corrected chi connectivity index (χ4v) is 2.93. The van der Waals surface area contributed by atoms with E-state index in [4.69, 9.17) is 39.0 Å². The van der Waals surface area contributed by atoms with Crippen molar-refractivity contribution in [3.05, 3.63) is 12.0 Å². The molecule has 24 heavy (non-hydrogen) atoms. The lowest BCUT2D eigenvalue weighted by Crippen LogP contribution is -2.86. The van der Waals surface area contributed by atoms with Crippen LogP contribution in [0.15, 0.2) is 12.0 Å². The lowest BCUT2D eigenvalue weighted by Gasteiger charge is -2.58. The van der Waals surface area contributed by atoms with E-state index in [2.05, 4.69) is 5.32 Å². The minimum atomic E-state index is -1.73. The van der Waals surface area contributed by atoms with Crippen LogP contribution in [0.3, 0.4) is 0 Å². The first kappa shape index (κ1) is 21.1. The molecule has 0 aromatic rings. The third kappa shape index (κ3) is 2.78. The van der Waals surface area contributed by atoms with Crippen LogP contribution in [0.25, 0.3) is 0 Å². The van der Waals surface area contributed by atoms with Gasteiger partial charge in [0.15, 0.2) is 5.76 Å². The van der Waals surface area contributed by atoms with E-state index in [1.54, 1.807) is 7.11 Å². The Morgan fingerprint density at radius 1 is 1.00 bits per heavy atom. The second-order valence-corrected chi connectivity index (χ2v) is 4.94. The molecule has 0 spiro atoms. The van der Waals surface area contributed by atoms with Crippen LogP contribution in [-0.4, -0.2) is 85.3 Å². The Morgan fingerprint density at radius 2 is 1.62 bits per heavy atom. The number of nitrogens with zero attached hydrogens (tertiary/aromatic N) is 1. The van der Waals surface area contributed by atoms with E-state index < -0.39 is 17.4 Å². The minimum Gasteiger partial charge on any atom is -0.494 e. The van der Waals surface area contributed by atoms with Crippen LogP contribution in [0.1, 0.15) is 0 Å². The van der Waals surface area contributed by atoms with Crippen LogP contribution in [0, 0.1) is 0 Å². The lowest BCUT2D eigenvalue weighted by atomic mass is 9.90. The molecule has 2 atom stereocenters. The SMILES string of the molecule is COCCNC1(OC)N(OC)C=C(OC)C(OC)(OC)C1(N)OC. The van der Waals surface area contributed by atoms with Gasteiger partial charge in [-0.05, 0) is 0 Å². The first-order valence-electron chi connectivity index (χ1n) is 7.26. The molecule has 0 aliphatic carbocycles. The predicted molar refractivity (Wildman–Crippen MR) is 84.2 cm³/mol. The molecule has 10 heteroatoms. The second-order valence-electron chi connectivity index (χ2n) is 4.94. The van der Waals surface area contributed by atoms with E-state index in [0.29, 0.717) is 13.2 Å². The van der Waals surface area contributed by atoms with Crippen molar-refractivity contribution in [2.45, 2.75) is 17.4 Å². The Kier molecular flexibility index (Phi) is 7.38. The van der Waals surface area contributed by atoms with E-state index in [1.165, 1.54) is 53.9 Å². The highest BCUT2D eigenvalue weighted by atomic mass is 16.8. The van der Waals surface area contributed by atoms with Gasteiger partial charge in [-0.1, -0.05) is 0 Å². The monoisotopic (exact) mass is 351 g/mol. The zero-order valence-electron chi connectivity index (χ0n) is 15.4. The smallest absolute Gasteiger partial charge is 0.279 e. The molecule has 0 saturated carbocycles. The van der Waals surface area contributed by atoms with Crippen LogP contribution in [0.4, 0.5) is 0 Å². The third-order valence-corrected chi connectivity index (χ3v) is 4.14. The Morgan fingerprint density at radius 3 is 2.00 bits per heavy atom. The van der Waals surface area contributed by atoms with Crippen molar-refractivity contribution in [1.82, 2.24) is 10.4 Å². The van der Waals surface area contributed by atoms with Gasteiger partial charge in [-0.2, -0.15) is 0 Å². The van der Waals surface area contributed by atoms with E-state index in [9.17, 15) is 0 Å². The summed E-state index contributed by atoms with van der Waals surface area (Å²) in [7, 11) is 10.2. The fourth-order valence-electron chi connectivity index (χ4n) is 2.93. The van der Waals surface area contributed by atoms with Crippen molar-refractivity contribution in [3.63, 3.8) is 0 Å². The van der Waals surface area contributed by atoms with E-state index in [-0.39, 0.29) is 5.76 Å². The van der Waals surface area contributed by atoms with Gasteiger partial charge in [0, 0.05) is 42.1 Å². The molecule has 0 aromatic heterocycles. The standard InChI is InChI=1S/C14H29N3O7/c1-18-9-8-16-14(23-6)13(15,22-5)12(20-3,21-4)11(19-2)10-17(14)24-7/h10,16H,8-9,15H2,1-7H3. The summed E-state index contributed by atoms with van der Waals surface area (Å²) in [6, 6.07) is 0. The highest BCUT2D eigenvalue weighted by molar-refractivity contribution is 5.24. The molecule has 142 valence electrons. The summed E-state index contributed by atoms with van der Waals surface area (Å²) in [5, 5.41) is 4.47. The van der Waals surface area contributed by atoms with Crippen molar-refractivity contribution < 1.29 is 33.3 Å². The molecule has 2 unspecified atom stereocenters. The number of ether oxygens (including phenoxy) is 6. The number of rotatable bonds is 10. The molecule has 0 fully saturated rings. The second kappa shape index (κ2) is 8.41. The largest absolute Gasteiger partial charge is 0.494 e. The average molecular weight is 351 g/mol. The molecule has 1 rings (SSSR count). The highest BCUT2D eigenvalue weighted by Crippen LogP contribution is 2.46. The van der Waals surface area contributed by atoms with Gasteiger partial charge in [0.2, 0.25) is 5.72 Å². The van der Waals surface area contributed by atoms with Gasteiger partial charge < -0.3 is 28.4 Å². The summed E-state index contributed by atoms with van der Waals surface area (Å²) >= 11 is 0. The zero-order chi connectivity index (χ0) is 18.4. The van der Waals surface area contributed by atoms with Crippen LogP contribution in [0.5, 0.6) is 0 Å². The van der Waals surface area contributed by atoms with Crippen molar-refractivity contribution in [2.24, 2.45) is 5.73 Å². The topological polar surface area (TPSA) is 106 Å². The van der Waals surface area contributed by atoms with Gasteiger partial charge in [0.05, 0.1) is 27.0 Å². The van der Waals surface area contributed by atoms with Crippen LogP contribution in [0.2, 0.25) is 0 Å². The van der Waals surface area contributed by atoms with Gasteiger partial charge in [0.25, 0.3) is 11.6 Å². The third-order valence-electron chi connectivity index (χ3n) is 4.14. The molecule has 10 nitrogen and oxygen atoms in total. The van der Waals surface area contributed by atoms with Crippen LogP contribution < -0.4 is 11.1 Å². The number of methoxy groups -OCH3 is 6. The molecule has 0 aromatic carbocycles. The summed E-state index contributed by atoms with van der Waals surface area (Å²) in [5.41, 5.74) is 4.89. The summed E-state index contributed by atoms with van der Waals surface area (Å²) in [6.45, 7) is 0.780.